The minimum atomic E-state index is -0.409. The maximum Gasteiger partial charge on any atom is 0.243 e. The number of aryl methyl sites for hydroxylation is 1. The Balaban J connectivity index is 0.00000208. The zero-order valence-corrected chi connectivity index (χ0v) is 14.2. The van der Waals surface area contributed by atoms with Crippen molar-refractivity contribution in [2.75, 3.05) is 19.6 Å². The van der Waals surface area contributed by atoms with Crippen molar-refractivity contribution in [1.29, 1.82) is 0 Å². The van der Waals surface area contributed by atoms with Gasteiger partial charge in [-0.1, -0.05) is 29.8 Å². The molecule has 1 aliphatic heterocycles. The van der Waals surface area contributed by atoms with Gasteiger partial charge in [-0.3, -0.25) is 4.79 Å². The highest BCUT2D eigenvalue weighted by Gasteiger charge is 2.25. The summed E-state index contributed by atoms with van der Waals surface area (Å²) in [5, 5.41) is 27.6. The SMILES string of the molecule is Cc1ccc(-c2nnn(CC(=O)NCC3CNCC3O)n2)cc1.Cl. The van der Waals surface area contributed by atoms with E-state index < -0.39 is 6.10 Å². The van der Waals surface area contributed by atoms with Gasteiger partial charge in [0.2, 0.25) is 11.7 Å². The van der Waals surface area contributed by atoms with Crippen LogP contribution in [0.2, 0.25) is 0 Å². The van der Waals surface area contributed by atoms with Crippen LogP contribution in [-0.4, -0.2) is 57.0 Å². The van der Waals surface area contributed by atoms with Crippen molar-refractivity contribution in [3.63, 3.8) is 0 Å². The van der Waals surface area contributed by atoms with Crippen LogP contribution in [0.5, 0.6) is 0 Å². The molecular formula is C15H21ClN6O2. The van der Waals surface area contributed by atoms with Crippen molar-refractivity contribution in [2.24, 2.45) is 5.92 Å². The molecule has 0 radical (unpaired) electrons. The fourth-order valence-corrected chi connectivity index (χ4v) is 2.49. The first kappa shape index (κ1) is 18.3. The molecule has 1 aromatic heterocycles. The van der Waals surface area contributed by atoms with E-state index in [-0.39, 0.29) is 30.8 Å². The molecule has 1 aliphatic rings. The average molecular weight is 353 g/mol. The minimum Gasteiger partial charge on any atom is -0.391 e. The number of nitrogens with one attached hydrogen (secondary N) is 2. The second-order valence-electron chi connectivity index (χ2n) is 5.80. The Kier molecular flexibility index (Phi) is 6.24. The third-order valence-corrected chi connectivity index (χ3v) is 3.91. The van der Waals surface area contributed by atoms with Gasteiger partial charge in [-0.2, -0.15) is 4.80 Å². The highest BCUT2D eigenvalue weighted by Crippen LogP contribution is 2.13. The molecule has 9 heteroatoms. The standard InChI is InChI=1S/C15H20N6O2.ClH/c1-10-2-4-11(5-3-10)15-18-20-21(19-15)9-14(23)17-7-12-6-16-8-13(12)22;/h2-5,12-13,16,22H,6-9H2,1H3,(H,17,23);1H. The number of carbonyl (C=O) groups excluding carboxylic acids is 1. The van der Waals surface area contributed by atoms with Gasteiger partial charge >= 0.3 is 0 Å². The Morgan fingerprint density at radius 2 is 2.12 bits per heavy atom. The molecule has 8 nitrogen and oxygen atoms in total. The van der Waals surface area contributed by atoms with Crippen LogP contribution < -0.4 is 10.6 Å². The van der Waals surface area contributed by atoms with E-state index in [4.69, 9.17) is 0 Å². The quantitative estimate of drug-likeness (QED) is 0.686. The van der Waals surface area contributed by atoms with E-state index in [0.29, 0.717) is 25.5 Å². The summed E-state index contributed by atoms with van der Waals surface area (Å²) in [4.78, 5) is 13.2. The number of tetrazole rings is 1. The Hall–Kier alpha value is -2.03. The van der Waals surface area contributed by atoms with Gasteiger partial charge in [-0.25, -0.2) is 0 Å². The first-order chi connectivity index (χ1) is 11.1. The molecule has 1 saturated heterocycles. The van der Waals surface area contributed by atoms with Gasteiger partial charge in [0, 0.05) is 31.1 Å². The first-order valence-electron chi connectivity index (χ1n) is 7.62. The smallest absolute Gasteiger partial charge is 0.243 e. The molecule has 2 atom stereocenters. The number of aromatic nitrogens is 4. The lowest BCUT2D eigenvalue weighted by atomic mass is 10.1. The Morgan fingerprint density at radius 1 is 1.38 bits per heavy atom. The normalized spacial score (nSPS) is 19.8. The largest absolute Gasteiger partial charge is 0.391 e. The lowest BCUT2D eigenvalue weighted by molar-refractivity contribution is -0.122. The lowest BCUT2D eigenvalue weighted by Crippen LogP contribution is -2.36. The molecule has 1 fully saturated rings. The van der Waals surface area contributed by atoms with Crippen LogP contribution >= 0.6 is 12.4 Å². The van der Waals surface area contributed by atoms with E-state index in [1.54, 1.807) is 0 Å². The number of β-amino-alcohol motifs (C(OH)–C–C–N with tert-alkyl or cyclic N) is 1. The topological polar surface area (TPSA) is 105 Å². The van der Waals surface area contributed by atoms with E-state index in [2.05, 4.69) is 26.0 Å². The number of halogens is 1. The fraction of sp³-hybridized carbons (Fsp3) is 0.467. The molecular weight excluding hydrogens is 332 g/mol. The molecule has 2 heterocycles. The van der Waals surface area contributed by atoms with Gasteiger partial charge in [0.15, 0.2) is 0 Å². The molecule has 24 heavy (non-hydrogen) atoms. The fourth-order valence-electron chi connectivity index (χ4n) is 2.49. The number of hydrogen-bond donors (Lipinski definition) is 3. The molecule has 0 aliphatic carbocycles. The van der Waals surface area contributed by atoms with Gasteiger partial charge in [-0.15, -0.1) is 22.6 Å². The summed E-state index contributed by atoms with van der Waals surface area (Å²) in [6.45, 7) is 3.74. The number of amides is 1. The van der Waals surface area contributed by atoms with Crippen molar-refractivity contribution in [3.8, 4) is 11.4 Å². The second-order valence-corrected chi connectivity index (χ2v) is 5.80. The Bertz CT molecular complexity index is 675. The molecule has 1 aromatic carbocycles. The number of benzene rings is 1. The van der Waals surface area contributed by atoms with Crippen LogP contribution in [0.1, 0.15) is 5.56 Å². The maximum absolute atomic E-state index is 11.9. The summed E-state index contributed by atoms with van der Waals surface area (Å²) in [6.07, 6.45) is -0.409. The summed E-state index contributed by atoms with van der Waals surface area (Å²) in [7, 11) is 0. The minimum absolute atomic E-state index is 0. The molecule has 2 unspecified atom stereocenters. The third-order valence-electron chi connectivity index (χ3n) is 3.91. The van der Waals surface area contributed by atoms with E-state index >= 15 is 0 Å². The summed E-state index contributed by atoms with van der Waals surface area (Å²) >= 11 is 0. The predicted octanol–water partition coefficient (Wildman–Crippen LogP) is -0.233. The van der Waals surface area contributed by atoms with Gasteiger partial charge < -0.3 is 15.7 Å². The number of aliphatic hydroxyl groups excluding tert-OH is 1. The zero-order chi connectivity index (χ0) is 16.2. The molecule has 1 amide bonds. The highest BCUT2D eigenvalue weighted by molar-refractivity contribution is 5.85. The monoisotopic (exact) mass is 352 g/mol. The summed E-state index contributed by atoms with van der Waals surface area (Å²) < 4.78 is 0. The number of carbonyl (C=O) groups is 1. The predicted molar refractivity (Wildman–Crippen MR) is 90.6 cm³/mol. The summed E-state index contributed by atoms with van der Waals surface area (Å²) in [5.74, 6) is 0.343. The highest BCUT2D eigenvalue weighted by atomic mass is 35.5. The number of aliphatic hydroxyl groups is 1. The maximum atomic E-state index is 11.9. The van der Waals surface area contributed by atoms with Gasteiger partial charge in [0.1, 0.15) is 6.54 Å². The number of nitrogens with zero attached hydrogens (tertiary/aromatic N) is 4. The van der Waals surface area contributed by atoms with Crippen molar-refractivity contribution < 1.29 is 9.90 Å². The van der Waals surface area contributed by atoms with Crippen molar-refractivity contribution in [2.45, 2.75) is 19.6 Å². The molecule has 0 spiro atoms. The van der Waals surface area contributed by atoms with E-state index in [0.717, 1.165) is 11.1 Å². The molecule has 130 valence electrons. The average Bonchev–Trinajstić information content (AvgIpc) is 3.15. The van der Waals surface area contributed by atoms with Crippen LogP contribution in [-0.2, 0) is 11.3 Å². The first-order valence-corrected chi connectivity index (χ1v) is 7.62. The lowest BCUT2D eigenvalue weighted by Gasteiger charge is -2.13. The Labute approximate surface area is 146 Å². The van der Waals surface area contributed by atoms with Crippen molar-refractivity contribution in [1.82, 2.24) is 30.8 Å². The molecule has 0 saturated carbocycles. The summed E-state index contributed by atoms with van der Waals surface area (Å²) in [6, 6.07) is 7.80. The van der Waals surface area contributed by atoms with Gasteiger partial charge in [0.05, 0.1) is 6.10 Å². The second kappa shape index (κ2) is 8.18. The van der Waals surface area contributed by atoms with Crippen LogP contribution in [0, 0.1) is 12.8 Å². The molecule has 3 rings (SSSR count). The van der Waals surface area contributed by atoms with Crippen molar-refractivity contribution in [3.05, 3.63) is 29.8 Å². The van der Waals surface area contributed by atoms with Gasteiger partial charge in [-0.05, 0) is 12.1 Å². The molecule has 0 bridgehead atoms. The Morgan fingerprint density at radius 3 is 2.79 bits per heavy atom. The van der Waals surface area contributed by atoms with E-state index in [1.807, 2.05) is 31.2 Å². The molecule has 3 N–H and O–H groups in total. The summed E-state index contributed by atoms with van der Waals surface area (Å²) in [5.41, 5.74) is 2.02. The van der Waals surface area contributed by atoms with Crippen molar-refractivity contribution >= 4 is 18.3 Å². The van der Waals surface area contributed by atoms with Crippen LogP contribution in [0.4, 0.5) is 0 Å². The van der Waals surface area contributed by atoms with Crippen LogP contribution in [0.3, 0.4) is 0 Å². The van der Waals surface area contributed by atoms with E-state index in [1.165, 1.54) is 4.80 Å². The number of rotatable bonds is 5. The van der Waals surface area contributed by atoms with Gasteiger partial charge in [0.25, 0.3) is 0 Å². The third kappa shape index (κ3) is 4.50. The zero-order valence-electron chi connectivity index (χ0n) is 13.3. The van der Waals surface area contributed by atoms with E-state index in [9.17, 15) is 9.90 Å². The molecule has 2 aromatic rings. The number of hydrogen-bond acceptors (Lipinski definition) is 6. The van der Waals surface area contributed by atoms with Crippen LogP contribution in [0.25, 0.3) is 11.4 Å². The van der Waals surface area contributed by atoms with Crippen LogP contribution in [0.15, 0.2) is 24.3 Å².